The molecule has 0 amide bonds. The summed E-state index contributed by atoms with van der Waals surface area (Å²) in [7, 11) is 5.77. The number of nitrogens with zero attached hydrogens (tertiary/aromatic N) is 2. The molecular weight excluding hydrogens is 226 g/mol. The SMILES string of the molecule is CNC(c1c(OC)cnn1C)C1CCCCCC1. The number of aromatic nitrogens is 2. The number of ether oxygens (including phenoxy) is 1. The fraction of sp³-hybridized carbons (Fsp3) is 0.786. The van der Waals surface area contributed by atoms with Gasteiger partial charge in [0.05, 0.1) is 25.0 Å². The highest BCUT2D eigenvalue weighted by atomic mass is 16.5. The van der Waals surface area contributed by atoms with Crippen LogP contribution in [-0.2, 0) is 7.05 Å². The van der Waals surface area contributed by atoms with Crippen molar-refractivity contribution in [3.05, 3.63) is 11.9 Å². The fourth-order valence-electron chi connectivity index (χ4n) is 3.18. The van der Waals surface area contributed by atoms with E-state index in [2.05, 4.69) is 10.4 Å². The van der Waals surface area contributed by atoms with Gasteiger partial charge in [0.25, 0.3) is 0 Å². The Hall–Kier alpha value is -1.03. The van der Waals surface area contributed by atoms with E-state index in [4.69, 9.17) is 4.74 Å². The molecule has 1 aliphatic rings. The molecule has 1 fully saturated rings. The monoisotopic (exact) mass is 251 g/mol. The van der Waals surface area contributed by atoms with E-state index < -0.39 is 0 Å². The summed E-state index contributed by atoms with van der Waals surface area (Å²) in [5.74, 6) is 1.60. The van der Waals surface area contributed by atoms with E-state index >= 15 is 0 Å². The van der Waals surface area contributed by atoms with Crippen LogP contribution < -0.4 is 10.1 Å². The molecule has 0 aliphatic heterocycles. The summed E-state index contributed by atoms with van der Waals surface area (Å²) >= 11 is 0. The van der Waals surface area contributed by atoms with E-state index in [0.29, 0.717) is 12.0 Å². The van der Waals surface area contributed by atoms with E-state index in [0.717, 1.165) is 5.75 Å². The van der Waals surface area contributed by atoms with Gasteiger partial charge >= 0.3 is 0 Å². The largest absolute Gasteiger partial charge is 0.493 e. The Bertz CT molecular complexity index is 367. The maximum Gasteiger partial charge on any atom is 0.161 e. The van der Waals surface area contributed by atoms with Gasteiger partial charge in [-0.15, -0.1) is 0 Å². The second-order valence-electron chi connectivity index (χ2n) is 5.24. The minimum atomic E-state index is 0.352. The van der Waals surface area contributed by atoms with Crippen LogP contribution in [0.2, 0.25) is 0 Å². The van der Waals surface area contributed by atoms with Gasteiger partial charge in [-0.2, -0.15) is 5.10 Å². The Morgan fingerprint density at radius 2 is 2.00 bits per heavy atom. The van der Waals surface area contributed by atoms with Crippen LogP contribution in [0.3, 0.4) is 0 Å². The zero-order valence-corrected chi connectivity index (χ0v) is 11.8. The summed E-state index contributed by atoms with van der Waals surface area (Å²) in [6, 6.07) is 0.352. The lowest BCUT2D eigenvalue weighted by molar-refractivity contribution is 0.314. The molecule has 4 nitrogen and oxygen atoms in total. The highest BCUT2D eigenvalue weighted by Gasteiger charge is 2.28. The Labute approximate surface area is 110 Å². The minimum Gasteiger partial charge on any atom is -0.493 e. The van der Waals surface area contributed by atoms with E-state index in [-0.39, 0.29) is 0 Å². The lowest BCUT2D eigenvalue weighted by atomic mass is 9.89. The van der Waals surface area contributed by atoms with Gasteiger partial charge in [0, 0.05) is 7.05 Å². The van der Waals surface area contributed by atoms with E-state index in [1.807, 2.05) is 25.0 Å². The second-order valence-corrected chi connectivity index (χ2v) is 5.24. The van der Waals surface area contributed by atoms with Gasteiger partial charge in [-0.25, -0.2) is 0 Å². The molecule has 0 spiro atoms. The molecule has 0 bridgehead atoms. The molecule has 0 radical (unpaired) electrons. The van der Waals surface area contributed by atoms with Crippen LogP contribution >= 0.6 is 0 Å². The summed E-state index contributed by atoms with van der Waals surface area (Å²) in [5.41, 5.74) is 1.19. The molecule has 1 aromatic heterocycles. The van der Waals surface area contributed by atoms with Crippen LogP contribution in [0.25, 0.3) is 0 Å². The molecule has 1 aliphatic carbocycles. The highest BCUT2D eigenvalue weighted by Crippen LogP contribution is 2.36. The first-order chi connectivity index (χ1) is 8.77. The number of hydrogen-bond donors (Lipinski definition) is 1. The quantitative estimate of drug-likeness (QED) is 0.836. The third kappa shape index (κ3) is 2.69. The maximum atomic E-state index is 5.45. The summed E-state index contributed by atoms with van der Waals surface area (Å²) in [5, 5.41) is 7.80. The van der Waals surface area contributed by atoms with Crippen molar-refractivity contribution in [2.45, 2.75) is 44.6 Å². The number of methoxy groups -OCH3 is 1. The first kappa shape index (κ1) is 13.4. The Balaban J connectivity index is 2.23. The average Bonchev–Trinajstić information content (AvgIpc) is 2.60. The zero-order valence-electron chi connectivity index (χ0n) is 11.8. The van der Waals surface area contributed by atoms with Gasteiger partial charge < -0.3 is 10.1 Å². The predicted octanol–water partition coefficient (Wildman–Crippen LogP) is 2.66. The van der Waals surface area contributed by atoms with Crippen molar-refractivity contribution in [3.8, 4) is 5.75 Å². The van der Waals surface area contributed by atoms with Gasteiger partial charge in [0.2, 0.25) is 0 Å². The number of nitrogens with one attached hydrogen (secondary N) is 1. The molecule has 1 heterocycles. The normalized spacial score (nSPS) is 19.5. The summed E-state index contributed by atoms with van der Waals surface area (Å²) in [6.45, 7) is 0. The molecule has 2 rings (SSSR count). The number of rotatable bonds is 4. The fourth-order valence-corrected chi connectivity index (χ4v) is 3.18. The molecule has 0 saturated heterocycles. The third-order valence-corrected chi connectivity index (χ3v) is 4.15. The molecule has 102 valence electrons. The summed E-state index contributed by atoms with van der Waals surface area (Å²) in [4.78, 5) is 0. The molecule has 0 aromatic carbocycles. The first-order valence-electron chi connectivity index (χ1n) is 7.01. The summed E-state index contributed by atoms with van der Waals surface area (Å²) in [6.07, 6.45) is 9.90. The maximum absolute atomic E-state index is 5.45. The van der Waals surface area contributed by atoms with Gasteiger partial charge in [-0.05, 0) is 25.8 Å². The van der Waals surface area contributed by atoms with E-state index in [9.17, 15) is 0 Å². The molecule has 1 unspecified atom stereocenters. The topological polar surface area (TPSA) is 39.1 Å². The number of hydrogen-bond acceptors (Lipinski definition) is 3. The highest BCUT2D eigenvalue weighted by molar-refractivity contribution is 5.28. The minimum absolute atomic E-state index is 0.352. The number of aryl methyl sites for hydroxylation is 1. The van der Waals surface area contributed by atoms with Gasteiger partial charge in [-0.3, -0.25) is 4.68 Å². The Morgan fingerprint density at radius 3 is 2.56 bits per heavy atom. The molecule has 1 saturated carbocycles. The first-order valence-corrected chi connectivity index (χ1v) is 7.01. The molecule has 4 heteroatoms. The third-order valence-electron chi connectivity index (χ3n) is 4.15. The van der Waals surface area contributed by atoms with Crippen LogP contribution in [-0.4, -0.2) is 23.9 Å². The van der Waals surface area contributed by atoms with Crippen molar-refractivity contribution in [3.63, 3.8) is 0 Å². The Morgan fingerprint density at radius 1 is 1.33 bits per heavy atom. The lowest BCUT2D eigenvalue weighted by Gasteiger charge is -2.26. The van der Waals surface area contributed by atoms with Crippen LogP contribution in [0.1, 0.15) is 50.3 Å². The summed E-state index contributed by atoms with van der Waals surface area (Å²) < 4.78 is 7.40. The molecular formula is C14H25N3O. The molecule has 1 atom stereocenters. The van der Waals surface area contributed by atoms with Crippen LogP contribution in [0.4, 0.5) is 0 Å². The second kappa shape index (κ2) is 6.23. The van der Waals surface area contributed by atoms with Crippen molar-refractivity contribution in [1.29, 1.82) is 0 Å². The van der Waals surface area contributed by atoms with Gasteiger partial charge in [0.15, 0.2) is 5.75 Å². The van der Waals surface area contributed by atoms with Crippen molar-refractivity contribution < 1.29 is 4.74 Å². The Kier molecular flexibility index (Phi) is 4.64. The zero-order chi connectivity index (χ0) is 13.0. The van der Waals surface area contributed by atoms with Crippen molar-refractivity contribution in [1.82, 2.24) is 15.1 Å². The van der Waals surface area contributed by atoms with Crippen molar-refractivity contribution in [2.75, 3.05) is 14.2 Å². The molecule has 1 aromatic rings. The smallest absolute Gasteiger partial charge is 0.161 e. The van der Waals surface area contributed by atoms with E-state index in [1.54, 1.807) is 7.11 Å². The van der Waals surface area contributed by atoms with Crippen LogP contribution in [0.15, 0.2) is 6.20 Å². The predicted molar refractivity (Wildman–Crippen MR) is 72.8 cm³/mol. The molecule has 1 N–H and O–H groups in total. The van der Waals surface area contributed by atoms with Crippen molar-refractivity contribution in [2.24, 2.45) is 13.0 Å². The lowest BCUT2D eigenvalue weighted by Crippen LogP contribution is -2.27. The van der Waals surface area contributed by atoms with Crippen LogP contribution in [0.5, 0.6) is 5.75 Å². The van der Waals surface area contributed by atoms with Gasteiger partial charge in [0.1, 0.15) is 0 Å². The molecule has 18 heavy (non-hydrogen) atoms. The van der Waals surface area contributed by atoms with Crippen LogP contribution in [0, 0.1) is 5.92 Å². The van der Waals surface area contributed by atoms with Gasteiger partial charge in [-0.1, -0.05) is 25.7 Å². The van der Waals surface area contributed by atoms with Crippen molar-refractivity contribution >= 4 is 0 Å². The average molecular weight is 251 g/mol. The standard InChI is InChI=1S/C14H25N3O/c1-15-13(11-8-6-4-5-7-9-11)14-12(18-3)10-16-17(14)2/h10-11,13,15H,4-9H2,1-3H3. The van der Waals surface area contributed by atoms with E-state index in [1.165, 1.54) is 44.2 Å².